The highest BCUT2D eigenvalue weighted by atomic mass is 14.7. The Morgan fingerprint density at radius 1 is 0.667 bits per heavy atom. The van der Waals surface area contributed by atoms with Crippen molar-refractivity contribution in [3.05, 3.63) is 71.8 Å². The van der Waals surface area contributed by atoms with Crippen LogP contribution in [0.25, 0.3) is 21.9 Å². The number of fused-ring (bicyclic) bond motifs is 4. The lowest BCUT2D eigenvalue weighted by atomic mass is 10.00. The third-order valence-electron chi connectivity index (χ3n) is 3.84. The monoisotopic (exact) mass is 231 g/mol. The van der Waals surface area contributed by atoms with E-state index in [1.165, 1.54) is 33.0 Å². The van der Waals surface area contributed by atoms with Crippen LogP contribution in [0.4, 0.5) is 0 Å². The SMILES string of the molecule is NC1c2ccccc2-c2cc3ccccc3cc21. The maximum absolute atomic E-state index is 6.35. The van der Waals surface area contributed by atoms with Crippen LogP contribution in [0.3, 0.4) is 0 Å². The lowest BCUT2D eigenvalue weighted by Gasteiger charge is -2.07. The first-order chi connectivity index (χ1) is 8.84. The van der Waals surface area contributed by atoms with E-state index in [9.17, 15) is 0 Å². The Morgan fingerprint density at radius 3 is 2.17 bits per heavy atom. The van der Waals surface area contributed by atoms with Gasteiger partial charge in [-0.05, 0) is 45.2 Å². The van der Waals surface area contributed by atoms with Gasteiger partial charge in [0.25, 0.3) is 0 Å². The lowest BCUT2D eigenvalue weighted by Crippen LogP contribution is -2.07. The average molecular weight is 231 g/mol. The topological polar surface area (TPSA) is 26.0 Å². The molecule has 0 bridgehead atoms. The summed E-state index contributed by atoms with van der Waals surface area (Å²) in [5.41, 5.74) is 11.4. The van der Waals surface area contributed by atoms with Gasteiger partial charge in [-0.25, -0.2) is 0 Å². The first kappa shape index (κ1) is 9.86. The minimum atomic E-state index is 0.0146. The highest BCUT2D eigenvalue weighted by molar-refractivity contribution is 5.92. The third kappa shape index (κ3) is 1.20. The molecule has 0 spiro atoms. The van der Waals surface area contributed by atoms with Gasteiger partial charge in [0.1, 0.15) is 0 Å². The van der Waals surface area contributed by atoms with E-state index in [1.54, 1.807) is 0 Å². The molecule has 0 heterocycles. The Morgan fingerprint density at radius 2 is 1.33 bits per heavy atom. The number of benzene rings is 3. The number of rotatable bonds is 0. The Balaban J connectivity index is 2.10. The van der Waals surface area contributed by atoms with Crippen molar-refractivity contribution in [3.8, 4) is 11.1 Å². The van der Waals surface area contributed by atoms with Crippen molar-refractivity contribution in [2.75, 3.05) is 0 Å². The maximum Gasteiger partial charge on any atom is 0.0564 e. The van der Waals surface area contributed by atoms with Crippen molar-refractivity contribution in [1.82, 2.24) is 0 Å². The molecule has 1 atom stereocenters. The third-order valence-corrected chi connectivity index (χ3v) is 3.84. The average Bonchev–Trinajstić information content (AvgIpc) is 2.71. The van der Waals surface area contributed by atoms with E-state index in [0.717, 1.165) is 0 Å². The normalized spacial score (nSPS) is 16.6. The zero-order chi connectivity index (χ0) is 12.1. The summed E-state index contributed by atoms with van der Waals surface area (Å²) < 4.78 is 0. The standard InChI is InChI=1S/C17H13N/c18-17-14-8-4-3-7-13(14)15-9-11-5-1-2-6-12(11)10-16(15)17/h1-10,17H,18H2. The predicted octanol–water partition coefficient (Wildman–Crippen LogP) is 3.87. The lowest BCUT2D eigenvalue weighted by molar-refractivity contribution is 0.903. The summed E-state index contributed by atoms with van der Waals surface area (Å²) in [6, 6.07) is 21.4. The summed E-state index contributed by atoms with van der Waals surface area (Å²) in [5.74, 6) is 0. The van der Waals surface area contributed by atoms with Gasteiger partial charge in [-0.1, -0.05) is 48.5 Å². The van der Waals surface area contributed by atoms with Gasteiger partial charge in [0.05, 0.1) is 6.04 Å². The van der Waals surface area contributed by atoms with Crippen LogP contribution < -0.4 is 5.73 Å². The first-order valence-corrected chi connectivity index (χ1v) is 6.22. The molecule has 4 rings (SSSR count). The summed E-state index contributed by atoms with van der Waals surface area (Å²) in [6.45, 7) is 0. The summed E-state index contributed by atoms with van der Waals surface area (Å²) >= 11 is 0. The van der Waals surface area contributed by atoms with E-state index < -0.39 is 0 Å². The van der Waals surface area contributed by atoms with Gasteiger partial charge in [0.2, 0.25) is 0 Å². The largest absolute Gasteiger partial charge is 0.320 e. The minimum absolute atomic E-state index is 0.0146. The molecule has 18 heavy (non-hydrogen) atoms. The van der Waals surface area contributed by atoms with E-state index in [1.807, 2.05) is 0 Å². The molecule has 0 fully saturated rings. The van der Waals surface area contributed by atoms with Gasteiger partial charge < -0.3 is 5.73 Å². The van der Waals surface area contributed by atoms with Gasteiger partial charge in [-0.15, -0.1) is 0 Å². The summed E-state index contributed by atoms with van der Waals surface area (Å²) in [7, 11) is 0. The second-order valence-corrected chi connectivity index (χ2v) is 4.85. The zero-order valence-corrected chi connectivity index (χ0v) is 9.93. The fraction of sp³-hybridized carbons (Fsp3) is 0.0588. The van der Waals surface area contributed by atoms with Gasteiger partial charge in [-0.3, -0.25) is 0 Å². The van der Waals surface area contributed by atoms with Crippen molar-refractivity contribution >= 4 is 10.8 Å². The minimum Gasteiger partial charge on any atom is -0.320 e. The summed E-state index contributed by atoms with van der Waals surface area (Å²) in [4.78, 5) is 0. The van der Waals surface area contributed by atoms with Crippen molar-refractivity contribution in [1.29, 1.82) is 0 Å². The van der Waals surface area contributed by atoms with E-state index in [2.05, 4.69) is 60.7 Å². The number of hydrogen-bond donors (Lipinski definition) is 1. The Kier molecular flexibility index (Phi) is 1.88. The quantitative estimate of drug-likeness (QED) is 0.624. The van der Waals surface area contributed by atoms with Gasteiger partial charge in [-0.2, -0.15) is 0 Å². The predicted molar refractivity (Wildman–Crippen MR) is 75.4 cm³/mol. The Hall–Kier alpha value is -2.12. The Labute approximate surface area is 106 Å². The summed E-state index contributed by atoms with van der Waals surface area (Å²) in [6.07, 6.45) is 0. The highest BCUT2D eigenvalue weighted by Gasteiger charge is 2.25. The molecule has 1 heteroatoms. The van der Waals surface area contributed by atoms with Crippen LogP contribution in [0.2, 0.25) is 0 Å². The fourth-order valence-electron chi connectivity index (χ4n) is 2.93. The molecule has 0 radical (unpaired) electrons. The molecule has 1 aliphatic rings. The molecule has 1 aliphatic carbocycles. The van der Waals surface area contributed by atoms with Crippen LogP contribution in [-0.4, -0.2) is 0 Å². The van der Waals surface area contributed by atoms with Crippen molar-refractivity contribution < 1.29 is 0 Å². The molecule has 86 valence electrons. The first-order valence-electron chi connectivity index (χ1n) is 6.22. The fourth-order valence-corrected chi connectivity index (χ4v) is 2.93. The molecule has 0 aliphatic heterocycles. The molecular weight excluding hydrogens is 218 g/mol. The van der Waals surface area contributed by atoms with E-state index in [0.29, 0.717) is 0 Å². The second-order valence-electron chi connectivity index (χ2n) is 4.85. The highest BCUT2D eigenvalue weighted by Crippen LogP contribution is 2.43. The molecule has 3 aromatic carbocycles. The molecule has 0 saturated heterocycles. The molecular formula is C17H13N. The molecule has 0 amide bonds. The van der Waals surface area contributed by atoms with Crippen molar-refractivity contribution in [3.63, 3.8) is 0 Å². The van der Waals surface area contributed by atoms with Crippen LogP contribution in [0, 0.1) is 0 Å². The molecule has 1 unspecified atom stereocenters. The zero-order valence-electron chi connectivity index (χ0n) is 9.93. The van der Waals surface area contributed by atoms with Crippen LogP contribution in [0.1, 0.15) is 17.2 Å². The van der Waals surface area contributed by atoms with Gasteiger partial charge in [0.15, 0.2) is 0 Å². The van der Waals surface area contributed by atoms with Crippen LogP contribution in [0.5, 0.6) is 0 Å². The number of nitrogens with two attached hydrogens (primary N) is 1. The van der Waals surface area contributed by atoms with Crippen molar-refractivity contribution in [2.24, 2.45) is 5.73 Å². The van der Waals surface area contributed by atoms with Crippen LogP contribution in [0.15, 0.2) is 60.7 Å². The molecule has 1 nitrogen and oxygen atoms in total. The van der Waals surface area contributed by atoms with Gasteiger partial charge >= 0.3 is 0 Å². The van der Waals surface area contributed by atoms with Crippen LogP contribution >= 0.6 is 0 Å². The number of hydrogen-bond acceptors (Lipinski definition) is 1. The molecule has 2 N–H and O–H groups in total. The molecule has 0 aromatic heterocycles. The van der Waals surface area contributed by atoms with Crippen LogP contribution in [-0.2, 0) is 0 Å². The van der Waals surface area contributed by atoms with E-state index in [4.69, 9.17) is 5.73 Å². The second kappa shape index (κ2) is 3.44. The van der Waals surface area contributed by atoms with Gasteiger partial charge in [0, 0.05) is 0 Å². The smallest absolute Gasteiger partial charge is 0.0564 e. The van der Waals surface area contributed by atoms with E-state index in [-0.39, 0.29) is 6.04 Å². The molecule has 0 saturated carbocycles. The maximum atomic E-state index is 6.35. The summed E-state index contributed by atoms with van der Waals surface area (Å²) in [5, 5.41) is 2.54. The van der Waals surface area contributed by atoms with Crippen molar-refractivity contribution in [2.45, 2.75) is 6.04 Å². The van der Waals surface area contributed by atoms with E-state index >= 15 is 0 Å². The molecule has 3 aromatic rings. The Bertz CT molecular complexity index is 758.